The average molecular weight is 534 g/mol. The van der Waals surface area contributed by atoms with E-state index in [2.05, 4.69) is 13.8 Å². The van der Waals surface area contributed by atoms with E-state index in [1.807, 2.05) is 0 Å². The standard InChI is InChI=1S/2C17H33.Ni/c2*1-3-5-7-9-11-13-15-17-16-14-12-10-8-6-4-2;/h2*1,3H,4-17H2,2H3;/q2*-1;+2. The third-order valence-electron chi connectivity index (χ3n) is 6.95. The molecule has 0 N–H and O–H groups in total. The van der Waals surface area contributed by atoms with E-state index in [4.69, 9.17) is 13.2 Å². The first-order valence-electron chi connectivity index (χ1n) is 15.9. The molecule has 0 spiro atoms. The van der Waals surface area contributed by atoms with E-state index in [0.29, 0.717) is 0 Å². The smallest absolute Gasteiger partial charge is 0.518 e. The van der Waals surface area contributed by atoms with E-state index in [9.17, 15) is 0 Å². The Kier molecular flexibility index (Phi) is 46.4. The molecule has 0 radical (unpaired) electrons. The molecule has 0 aromatic heterocycles. The summed E-state index contributed by atoms with van der Waals surface area (Å²) in [6.07, 6.45) is 42.7. The van der Waals surface area contributed by atoms with Crippen molar-refractivity contribution < 1.29 is 16.5 Å². The molecule has 0 nitrogen and oxygen atoms in total. The SMILES string of the molecule is [CH-]=CCCCCCCCCCCCCCCC.[CH-]=CCCCCCCCCCCCCCCC.[Ni+2]. The van der Waals surface area contributed by atoms with Gasteiger partial charge in [0, 0.05) is 0 Å². The Bertz CT molecular complexity index is 314. The van der Waals surface area contributed by atoms with Gasteiger partial charge in [-0.25, -0.2) is 0 Å². The molecule has 0 aliphatic heterocycles. The topological polar surface area (TPSA) is 0 Å². The second kappa shape index (κ2) is 41.1. The molecular formula is C34H66Ni. The quantitative estimate of drug-likeness (QED) is 0.0533. The van der Waals surface area contributed by atoms with E-state index in [1.165, 1.54) is 167 Å². The minimum Gasteiger partial charge on any atom is -0.518 e. The number of unbranched alkanes of at least 4 members (excludes halogenated alkanes) is 26. The number of allylic oxidation sites excluding steroid dienone is 2. The van der Waals surface area contributed by atoms with Gasteiger partial charge in [0.2, 0.25) is 0 Å². The van der Waals surface area contributed by atoms with E-state index in [-0.39, 0.29) is 16.5 Å². The summed E-state index contributed by atoms with van der Waals surface area (Å²) in [7, 11) is 0. The van der Waals surface area contributed by atoms with Crippen LogP contribution in [0.25, 0.3) is 0 Å². The van der Waals surface area contributed by atoms with Crippen molar-refractivity contribution in [3.05, 3.63) is 25.3 Å². The summed E-state index contributed by atoms with van der Waals surface area (Å²) in [5.74, 6) is 0. The van der Waals surface area contributed by atoms with E-state index in [1.54, 1.807) is 12.2 Å². The Morgan fingerprint density at radius 3 is 0.657 bits per heavy atom. The first-order chi connectivity index (χ1) is 16.8. The van der Waals surface area contributed by atoms with Crippen LogP contribution in [0.4, 0.5) is 0 Å². The Balaban J connectivity index is -0.000000569. The second-order valence-corrected chi connectivity index (χ2v) is 10.5. The summed E-state index contributed by atoms with van der Waals surface area (Å²) in [6.45, 7) is 15.3. The van der Waals surface area contributed by atoms with Crippen LogP contribution in [0, 0.1) is 13.2 Å². The Morgan fingerprint density at radius 2 is 0.486 bits per heavy atom. The molecule has 0 heterocycles. The van der Waals surface area contributed by atoms with Crippen LogP contribution < -0.4 is 0 Å². The summed E-state index contributed by atoms with van der Waals surface area (Å²) in [5, 5.41) is 0. The zero-order valence-electron chi connectivity index (χ0n) is 24.4. The van der Waals surface area contributed by atoms with Gasteiger partial charge in [0.1, 0.15) is 0 Å². The summed E-state index contributed by atoms with van der Waals surface area (Å²) < 4.78 is 0. The van der Waals surface area contributed by atoms with E-state index in [0.717, 1.165) is 12.8 Å². The Labute approximate surface area is 234 Å². The van der Waals surface area contributed by atoms with Crippen LogP contribution in [0.5, 0.6) is 0 Å². The minimum atomic E-state index is 0. The van der Waals surface area contributed by atoms with Gasteiger partial charge in [-0.05, 0) is 0 Å². The molecular weight excluding hydrogens is 467 g/mol. The third-order valence-corrected chi connectivity index (χ3v) is 6.95. The van der Waals surface area contributed by atoms with Gasteiger partial charge in [-0.1, -0.05) is 194 Å². The number of hydrogen-bond donors (Lipinski definition) is 0. The van der Waals surface area contributed by atoms with E-state index >= 15 is 0 Å². The zero-order valence-corrected chi connectivity index (χ0v) is 25.4. The monoisotopic (exact) mass is 532 g/mol. The normalized spacial score (nSPS) is 10.3. The summed E-state index contributed by atoms with van der Waals surface area (Å²) in [4.78, 5) is 0. The van der Waals surface area contributed by atoms with Gasteiger partial charge in [-0.2, -0.15) is 0 Å². The van der Waals surface area contributed by atoms with Gasteiger partial charge in [0.25, 0.3) is 0 Å². The molecule has 0 amide bonds. The van der Waals surface area contributed by atoms with Crippen LogP contribution in [0.2, 0.25) is 0 Å². The van der Waals surface area contributed by atoms with Crippen LogP contribution in [-0.2, 0) is 16.5 Å². The fourth-order valence-electron chi connectivity index (χ4n) is 4.56. The van der Waals surface area contributed by atoms with Crippen molar-refractivity contribution >= 4 is 0 Å². The summed E-state index contributed by atoms with van der Waals surface area (Å²) >= 11 is 0. The molecule has 0 bridgehead atoms. The molecule has 0 aromatic carbocycles. The Hall–Kier alpha value is -0.0265. The number of rotatable bonds is 28. The minimum absolute atomic E-state index is 0. The van der Waals surface area contributed by atoms with Crippen LogP contribution in [0.1, 0.15) is 194 Å². The molecule has 0 unspecified atom stereocenters. The van der Waals surface area contributed by atoms with Crippen molar-refractivity contribution in [2.75, 3.05) is 0 Å². The molecule has 0 saturated carbocycles. The molecule has 212 valence electrons. The van der Waals surface area contributed by atoms with Crippen molar-refractivity contribution in [3.8, 4) is 0 Å². The average Bonchev–Trinajstić information content (AvgIpc) is 2.85. The summed E-state index contributed by atoms with van der Waals surface area (Å²) in [5.41, 5.74) is 0. The van der Waals surface area contributed by atoms with Crippen molar-refractivity contribution in [1.82, 2.24) is 0 Å². The van der Waals surface area contributed by atoms with Gasteiger partial charge in [-0.3, -0.25) is 12.2 Å². The second-order valence-electron chi connectivity index (χ2n) is 10.5. The molecule has 0 aliphatic rings. The fourth-order valence-corrected chi connectivity index (χ4v) is 4.56. The van der Waals surface area contributed by atoms with Crippen molar-refractivity contribution in [2.45, 2.75) is 194 Å². The van der Waals surface area contributed by atoms with Gasteiger partial charge < -0.3 is 13.2 Å². The van der Waals surface area contributed by atoms with Gasteiger partial charge in [0.05, 0.1) is 0 Å². The molecule has 0 aromatic rings. The molecule has 0 saturated heterocycles. The molecule has 0 atom stereocenters. The van der Waals surface area contributed by atoms with E-state index < -0.39 is 0 Å². The van der Waals surface area contributed by atoms with Gasteiger partial charge >= 0.3 is 16.5 Å². The predicted molar refractivity (Wildman–Crippen MR) is 158 cm³/mol. The molecule has 0 aliphatic carbocycles. The van der Waals surface area contributed by atoms with Crippen molar-refractivity contribution in [2.24, 2.45) is 0 Å². The largest absolute Gasteiger partial charge is 2.00 e. The van der Waals surface area contributed by atoms with Crippen molar-refractivity contribution in [1.29, 1.82) is 0 Å². The first-order valence-corrected chi connectivity index (χ1v) is 15.9. The molecule has 35 heavy (non-hydrogen) atoms. The zero-order chi connectivity index (χ0) is 25.2. The van der Waals surface area contributed by atoms with Gasteiger partial charge in [-0.15, -0.1) is 0 Å². The summed E-state index contributed by atoms with van der Waals surface area (Å²) in [6, 6.07) is 0. The predicted octanol–water partition coefficient (Wildman–Crippen LogP) is 12.9. The molecule has 1 heteroatoms. The maximum atomic E-state index is 5.34. The van der Waals surface area contributed by atoms with Gasteiger partial charge in [0.15, 0.2) is 0 Å². The Morgan fingerprint density at radius 1 is 0.314 bits per heavy atom. The van der Waals surface area contributed by atoms with Crippen LogP contribution >= 0.6 is 0 Å². The molecule has 0 rings (SSSR count). The first kappa shape index (κ1) is 39.5. The maximum Gasteiger partial charge on any atom is 2.00 e. The fraction of sp³-hybridized carbons (Fsp3) is 0.882. The van der Waals surface area contributed by atoms with Crippen LogP contribution in [-0.4, -0.2) is 0 Å². The maximum absolute atomic E-state index is 5.34. The molecule has 0 fully saturated rings. The van der Waals surface area contributed by atoms with Crippen LogP contribution in [0.3, 0.4) is 0 Å². The number of hydrogen-bond acceptors (Lipinski definition) is 0. The van der Waals surface area contributed by atoms with Crippen molar-refractivity contribution in [3.63, 3.8) is 0 Å². The van der Waals surface area contributed by atoms with Crippen LogP contribution in [0.15, 0.2) is 12.2 Å². The third kappa shape index (κ3) is 44.4.